The second-order valence-corrected chi connectivity index (χ2v) is 6.88. The lowest BCUT2D eigenvalue weighted by molar-refractivity contribution is 0.0500. The highest BCUT2D eigenvalue weighted by Crippen LogP contribution is 2.34. The quantitative estimate of drug-likeness (QED) is 0.797. The number of nitrogens with two attached hydrogens (primary N) is 1. The molecule has 1 aromatic rings. The van der Waals surface area contributed by atoms with Crippen molar-refractivity contribution in [2.45, 2.75) is 46.3 Å². The maximum Gasteiger partial charge on any atom is 0.407 e. The van der Waals surface area contributed by atoms with Crippen molar-refractivity contribution in [1.82, 2.24) is 5.32 Å². The fourth-order valence-electron chi connectivity index (χ4n) is 1.90. The summed E-state index contributed by atoms with van der Waals surface area (Å²) in [6.45, 7) is 9.64. The third-order valence-corrected chi connectivity index (χ3v) is 3.20. The van der Waals surface area contributed by atoms with E-state index >= 15 is 0 Å². The number of hydrogen-bond donors (Lipinski definition) is 3. The zero-order valence-electron chi connectivity index (χ0n) is 13.4. The molecule has 1 unspecified atom stereocenters. The molecule has 0 saturated heterocycles. The van der Waals surface area contributed by atoms with Crippen LogP contribution >= 0.6 is 0 Å². The van der Waals surface area contributed by atoms with Gasteiger partial charge in [-0.2, -0.15) is 0 Å². The van der Waals surface area contributed by atoms with Gasteiger partial charge in [-0.15, -0.1) is 0 Å². The van der Waals surface area contributed by atoms with Crippen molar-refractivity contribution >= 4 is 6.09 Å². The summed E-state index contributed by atoms with van der Waals surface area (Å²) in [6.07, 6.45) is -0.472. The van der Waals surface area contributed by atoms with Crippen molar-refractivity contribution in [2.24, 2.45) is 11.1 Å². The van der Waals surface area contributed by atoms with Crippen LogP contribution in [0.1, 0.15) is 46.2 Å². The normalized spacial score (nSPS) is 13.6. The largest absolute Gasteiger partial charge is 0.508 e. The molecule has 0 aliphatic rings. The summed E-state index contributed by atoms with van der Waals surface area (Å²) in [4.78, 5) is 11.7. The van der Waals surface area contributed by atoms with E-state index in [2.05, 4.69) is 5.32 Å². The van der Waals surface area contributed by atoms with E-state index in [1.54, 1.807) is 18.2 Å². The first-order valence-corrected chi connectivity index (χ1v) is 7.03. The fourth-order valence-corrected chi connectivity index (χ4v) is 1.90. The molecule has 1 aromatic carbocycles. The molecular formula is C16H26N2O3. The predicted molar refractivity (Wildman–Crippen MR) is 83.1 cm³/mol. The Hall–Kier alpha value is -1.75. The SMILES string of the molecule is CC(C)(C)OC(=O)NCC(C)(C)C(N)c1ccccc1O. The first-order valence-electron chi connectivity index (χ1n) is 7.03. The van der Waals surface area contributed by atoms with E-state index in [9.17, 15) is 9.90 Å². The number of rotatable bonds is 4. The van der Waals surface area contributed by atoms with Crippen molar-refractivity contribution in [3.8, 4) is 5.75 Å². The zero-order chi connectivity index (χ0) is 16.3. The highest BCUT2D eigenvalue weighted by Gasteiger charge is 2.30. The maximum absolute atomic E-state index is 11.7. The van der Waals surface area contributed by atoms with Gasteiger partial charge >= 0.3 is 6.09 Å². The summed E-state index contributed by atoms with van der Waals surface area (Å²) in [5.74, 6) is 0.162. The Morgan fingerprint density at radius 1 is 1.29 bits per heavy atom. The van der Waals surface area contributed by atoms with Gasteiger partial charge in [-0.1, -0.05) is 32.0 Å². The first kappa shape index (κ1) is 17.3. The van der Waals surface area contributed by atoms with Crippen LogP contribution in [0.3, 0.4) is 0 Å². The Morgan fingerprint density at radius 2 is 1.86 bits per heavy atom. The zero-order valence-corrected chi connectivity index (χ0v) is 13.4. The van der Waals surface area contributed by atoms with Crippen LogP contribution in [-0.4, -0.2) is 23.3 Å². The van der Waals surface area contributed by atoms with Gasteiger partial charge in [-0.25, -0.2) is 4.79 Å². The molecule has 5 heteroatoms. The molecule has 1 rings (SSSR count). The molecule has 0 heterocycles. The van der Waals surface area contributed by atoms with E-state index < -0.39 is 23.2 Å². The Morgan fingerprint density at radius 3 is 2.38 bits per heavy atom. The Bertz CT molecular complexity index is 493. The number of benzene rings is 1. The lowest BCUT2D eigenvalue weighted by Crippen LogP contribution is -2.42. The number of hydrogen-bond acceptors (Lipinski definition) is 4. The van der Waals surface area contributed by atoms with Crippen molar-refractivity contribution in [3.05, 3.63) is 29.8 Å². The van der Waals surface area contributed by atoms with Crippen LogP contribution in [0.2, 0.25) is 0 Å². The van der Waals surface area contributed by atoms with E-state index in [1.165, 1.54) is 0 Å². The van der Waals surface area contributed by atoms with Gasteiger partial charge in [0.2, 0.25) is 0 Å². The smallest absolute Gasteiger partial charge is 0.407 e. The minimum absolute atomic E-state index is 0.162. The van der Waals surface area contributed by atoms with Gasteiger partial charge < -0.3 is 20.9 Å². The van der Waals surface area contributed by atoms with Crippen LogP contribution in [0, 0.1) is 5.41 Å². The number of carbonyl (C=O) groups excluding carboxylic acids is 1. The molecule has 4 N–H and O–H groups in total. The monoisotopic (exact) mass is 294 g/mol. The second-order valence-electron chi connectivity index (χ2n) is 6.88. The van der Waals surface area contributed by atoms with Crippen LogP contribution in [0.15, 0.2) is 24.3 Å². The molecule has 1 atom stereocenters. The molecule has 118 valence electrons. The number of aromatic hydroxyl groups is 1. The minimum Gasteiger partial charge on any atom is -0.508 e. The molecular weight excluding hydrogens is 268 g/mol. The lowest BCUT2D eigenvalue weighted by Gasteiger charge is -2.32. The van der Waals surface area contributed by atoms with E-state index in [4.69, 9.17) is 10.5 Å². The third-order valence-electron chi connectivity index (χ3n) is 3.20. The molecule has 5 nitrogen and oxygen atoms in total. The first-order chi connectivity index (χ1) is 9.53. The fraction of sp³-hybridized carbons (Fsp3) is 0.562. The number of nitrogens with one attached hydrogen (secondary N) is 1. The Kier molecular flexibility index (Phi) is 5.23. The average molecular weight is 294 g/mol. The molecule has 0 aromatic heterocycles. The van der Waals surface area contributed by atoms with Gasteiger partial charge in [-0.05, 0) is 26.8 Å². The summed E-state index contributed by atoms with van der Waals surface area (Å²) in [5, 5.41) is 12.6. The number of carbonyl (C=O) groups is 1. The average Bonchev–Trinajstić information content (AvgIpc) is 2.34. The van der Waals surface area contributed by atoms with Gasteiger partial charge in [0.05, 0.1) is 0 Å². The number of ether oxygens (including phenoxy) is 1. The van der Waals surface area contributed by atoms with Crippen molar-refractivity contribution in [2.75, 3.05) is 6.54 Å². The molecule has 21 heavy (non-hydrogen) atoms. The third kappa shape index (κ3) is 5.27. The second kappa shape index (κ2) is 6.35. The maximum atomic E-state index is 11.7. The summed E-state index contributed by atoms with van der Waals surface area (Å²) < 4.78 is 5.20. The summed E-state index contributed by atoms with van der Waals surface area (Å²) >= 11 is 0. The Balaban J connectivity index is 2.69. The van der Waals surface area contributed by atoms with Gasteiger partial charge in [0, 0.05) is 23.6 Å². The molecule has 0 spiro atoms. The van der Waals surface area contributed by atoms with Crippen LogP contribution in [0.5, 0.6) is 5.75 Å². The van der Waals surface area contributed by atoms with Crippen LogP contribution in [-0.2, 0) is 4.74 Å². The standard InChI is InChI=1S/C16H26N2O3/c1-15(2,3)21-14(20)18-10-16(4,5)13(17)11-8-6-7-9-12(11)19/h6-9,13,19H,10,17H2,1-5H3,(H,18,20). The van der Waals surface area contributed by atoms with E-state index in [0.29, 0.717) is 12.1 Å². The van der Waals surface area contributed by atoms with Crippen LogP contribution < -0.4 is 11.1 Å². The molecule has 0 fully saturated rings. The van der Waals surface area contributed by atoms with Gasteiger partial charge in [-0.3, -0.25) is 0 Å². The van der Waals surface area contributed by atoms with Crippen molar-refractivity contribution in [3.63, 3.8) is 0 Å². The van der Waals surface area contributed by atoms with E-state index in [0.717, 1.165) is 0 Å². The van der Waals surface area contributed by atoms with E-state index in [1.807, 2.05) is 40.7 Å². The molecule has 0 aliphatic carbocycles. The van der Waals surface area contributed by atoms with Gasteiger partial charge in [0.1, 0.15) is 11.4 Å². The number of phenolic OH excluding ortho intramolecular Hbond substituents is 1. The number of amides is 1. The molecule has 0 saturated carbocycles. The lowest BCUT2D eigenvalue weighted by atomic mass is 9.80. The molecule has 1 amide bonds. The van der Waals surface area contributed by atoms with E-state index in [-0.39, 0.29) is 5.75 Å². The van der Waals surface area contributed by atoms with Crippen molar-refractivity contribution < 1.29 is 14.6 Å². The summed E-state index contributed by atoms with van der Waals surface area (Å²) in [6, 6.07) is 6.56. The van der Waals surface area contributed by atoms with Crippen LogP contribution in [0.4, 0.5) is 4.79 Å². The number of alkyl carbamates (subject to hydrolysis) is 1. The predicted octanol–water partition coefficient (Wildman–Crippen LogP) is 2.94. The van der Waals surface area contributed by atoms with Crippen LogP contribution in [0.25, 0.3) is 0 Å². The highest BCUT2D eigenvalue weighted by atomic mass is 16.6. The molecule has 0 aliphatic heterocycles. The summed E-state index contributed by atoms with van der Waals surface area (Å²) in [7, 11) is 0. The topological polar surface area (TPSA) is 84.6 Å². The summed E-state index contributed by atoms with van der Waals surface area (Å²) in [5.41, 5.74) is 5.93. The van der Waals surface area contributed by atoms with Gasteiger partial charge in [0.25, 0.3) is 0 Å². The number of para-hydroxylation sites is 1. The minimum atomic E-state index is -0.534. The highest BCUT2D eigenvalue weighted by molar-refractivity contribution is 5.67. The van der Waals surface area contributed by atoms with Gasteiger partial charge in [0.15, 0.2) is 0 Å². The molecule has 0 bridgehead atoms. The number of phenols is 1. The Labute approximate surface area is 126 Å². The molecule has 0 radical (unpaired) electrons. The van der Waals surface area contributed by atoms with Crippen molar-refractivity contribution in [1.29, 1.82) is 0 Å².